The maximum Gasteiger partial charge on any atom is 0.283 e. The van der Waals surface area contributed by atoms with Crippen LogP contribution in [0.15, 0.2) is 65.3 Å². The minimum atomic E-state index is -0.0742. The molecule has 27 heavy (non-hydrogen) atoms. The Kier molecular flexibility index (Phi) is 6.07. The van der Waals surface area contributed by atoms with Crippen LogP contribution in [0.3, 0.4) is 0 Å². The van der Waals surface area contributed by atoms with E-state index in [-0.39, 0.29) is 5.91 Å². The molecule has 0 spiro atoms. The molecule has 2 aromatic rings. The summed E-state index contributed by atoms with van der Waals surface area (Å²) in [5.74, 6) is 0.657. The molecular weight excluding hydrogens is 334 g/mol. The minimum Gasteiger partial charge on any atom is -0.342 e. The molecule has 4 nitrogen and oxygen atoms in total. The molecule has 1 aliphatic rings. The number of nitrogens with zero attached hydrogens (tertiary/aromatic N) is 3. The van der Waals surface area contributed by atoms with E-state index in [0.29, 0.717) is 5.70 Å². The lowest BCUT2D eigenvalue weighted by Crippen LogP contribution is -2.44. The van der Waals surface area contributed by atoms with E-state index in [9.17, 15) is 4.79 Å². The number of rotatable bonds is 6. The number of aliphatic imine (C=N–C) groups is 1. The molecule has 0 aliphatic carbocycles. The number of carbonyl (C=O) groups is 1. The predicted molar refractivity (Wildman–Crippen MR) is 113 cm³/mol. The quantitative estimate of drug-likeness (QED) is 0.689. The summed E-state index contributed by atoms with van der Waals surface area (Å²) < 4.78 is 0. The van der Waals surface area contributed by atoms with Crippen molar-refractivity contribution >= 4 is 23.6 Å². The first-order valence-corrected chi connectivity index (χ1v) is 9.65. The minimum absolute atomic E-state index is 0.0742. The van der Waals surface area contributed by atoms with Gasteiger partial charge >= 0.3 is 0 Å². The second-order valence-corrected chi connectivity index (χ2v) is 6.82. The molecule has 1 amide bonds. The SMILES string of the molecule is CCCN(CCC)C1=NC(=Cc2ccccc2)C(=O)N1c1ccc(C)cc1. The molecular formula is C23H27N3O. The molecule has 0 bridgehead atoms. The molecule has 2 aromatic carbocycles. The smallest absolute Gasteiger partial charge is 0.283 e. The number of carbonyl (C=O) groups excluding carboxylic acids is 1. The number of anilines is 1. The summed E-state index contributed by atoms with van der Waals surface area (Å²) in [5.41, 5.74) is 3.49. The topological polar surface area (TPSA) is 35.9 Å². The first-order chi connectivity index (χ1) is 13.1. The standard InChI is InChI=1S/C23H27N3O/c1-4-15-25(16-5-2)23-24-21(17-19-9-7-6-8-10-19)22(27)26(23)20-13-11-18(3)12-14-20/h6-14,17H,4-5,15-16H2,1-3H3. The third-order valence-corrected chi connectivity index (χ3v) is 4.51. The first-order valence-electron chi connectivity index (χ1n) is 9.65. The fourth-order valence-corrected chi connectivity index (χ4v) is 3.20. The van der Waals surface area contributed by atoms with Gasteiger partial charge in [-0.05, 0) is 43.5 Å². The molecule has 0 saturated heterocycles. The van der Waals surface area contributed by atoms with E-state index in [1.807, 2.05) is 67.6 Å². The van der Waals surface area contributed by atoms with Crippen LogP contribution >= 0.6 is 0 Å². The summed E-state index contributed by atoms with van der Waals surface area (Å²) in [6, 6.07) is 17.9. The number of amides is 1. The number of aryl methyl sites for hydroxylation is 1. The third kappa shape index (κ3) is 4.27. The van der Waals surface area contributed by atoms with Crippen LogP contribution in [-0.2, 0) is 4.79 Å². The van der Waals surface area contributed by atoms with Gasteiger partial charge in [-0.2, -0.15) is 0 Å². The first kappa shape index (κ1) is 18.9. The molecule has 0 fully saturated rings. The highest BCUT2D eigenvalue weighted by Gasteiger charge is 2.34. The van der Waals surface area contributed by atoms with Crippen LogP contribution in [0.25, 0.3) is 6.08 Å². The lowest BCUT2D eigenvalue weighted by atomic mass is 10.2. The lowest BCUT2D eigenvalue weighted by molar-refractivity contribution is -0.113. The average molecular weight is 361 g/mol. The molecule has 1 heterocycles. The second kappa shape index (κ2) is 8.67. The summed E-state index contributed by atoms with van der Waals surface area (Å²) in [7, 11) is 0. The fourth-order valence-electron chi connectivity index (χ4n) is 3.20. The van der Waals surface area contributed by atoms with Gasteiger partial charge in [0.2, 0.25) is 5.96 Å². The van der Waals surface area contributed by atoms with E-state index >= 15 is 0 Å². The summed E-state index contributed by atoms with van der Waals surface area (Å²) in [4.78, 5) is 22.0. The van der Waals surface area contributed by atoms with E-state index in [1.165, 1.54) is 5.56 Å². The van der Waals surface area contributed by atoms with Crippen molar-refractivity contribution in [3.63, 3.8) is 0 Å². The van der Waals surface area contributed by atoms with Gasteiger partial charge < -0.3 is 4.90 Å². The average Bonchev–Trinajstić information content (AvgIpc) is 2.99. The zero-order valence-corrected chi connectivity index (χ0v) is 16.4. The molecule has 0 saturated carbocycles. The molecule has 140 valence electrons. The van der Waals surface area contributed by atoms with E-state index < -0.39 is 0 Å². The number of benzene rings is 2. The number of guanidine groups is 1. The number of hydrogen-bond donors (Lipinski definition) is 0. The van der Waals surface area contributed by atoms with Crippen LogP contribution in [0.1, 0.15) is 37.8 Å². The van der Waals surface area contributed by atoms with Crippen molar-refractivity contribution < 1.29 is 4.79 Å². The van der Waals surface area contributed by atoms with Crippen molar-refractivity contribution in [1.82, 2.24) is 4.90 Å². The highest BCUT2D eigenvalue weighted by Crippen LogP contribution is 2.27. The molecule has 3 rings (SSSR count). The Bertz CT molecular complexity index is 832. The van der Waals surface area contributed by atoms with Crippen LogP contribution in [-0.4, -0.2) is 29.9 Å². The number of hydrogen-bond acceptors (Lipinski definition) is 3. The zero-order valence-electron chi connectivity index (χ0n) is 16.4. The highest BCUT2D eigenvalue weighted by molar-refractivity contribution is 6.28. The molecule has 1 aliphatic heterocycles. The molecule has 0 N–H and O–H groups in total. The van der Waals surface area contributed by atoms with Gasteiger partial charge in [-0.25, -0.2) is 9.89 Å². The van der Waals surface area contributed by atoms with E-state index in [4.69, 9.17) is 4.99 Å². The van der Waals surface area contributed by atoms with Crippen molar-refractivity contribution in [3.8, 4) is 0 Å². The van der Waals surface area contributed by atoms with Crippen LogP contribution in [0, 0.1) is 6.92 Å². The Balaban J connectivity index is 2.04. The van der Waals surface area contributed by atoms with Crippen molar-refractivity contribution in [2.75, 3.05) is 18.0 Å². The van der Waals surface area contributed by atoms with Gasteiger partial charge in [0, 0.05) is 13.1 Å². The van der Waals surface area contributed by atoms with Crippen LogP contribution in [0.2, 0.25) is 0 Å². The maximum atomic E-state index is 13.2. The second-order valence-electron chi connectivity index (χ2n) is 6.82. The van der Waals surface area contributed by atoms with Gasteiger partial charge in [0.05, 0.1) is 5.69 Å². The van der Waals surface area contributed by atoms with E-state index in [2.05, 4.69) is 18.7 Å². The normalized spacial score (nSPS) is 15.4. The summed E-state index contributed by atoms with van der Waals surface area (Å²) in [6.07, 6.45) is 3.88. The fraction of sp³-hybridized carbons (Fsp3) is 0.304. The van der Waals surface area contributed by atoms with Crippen molar-refractivity contribution in [1.29, 1.82) is 0 Å². The Morgan fingerprint density at radius 3 is 2.19 bits per heavy atom. The van der Waals surface area contributed by atoms with Crippen molar-refractivity contribution in [2.24, 2.45) is 4.99 Å². The Labute approximate surface area is 161 Å². The largest absolute Gasteiger partial charge is 0.342 e. The van der Waals surface area contributed by atoms with Crippen molar-refractivity contribution in [3.05, 3.63) is 71.4 Å². The lowest BCUT2D eigenvalue weighted by Gasteiger charge is -2.29. The van der Waals surface area contributed by atoms with E-state index in [0.717, 1.165) is 43.1 Å². The Morgan fingerprint density at radius 2 is 1.59 bits per heavy atom. The summed E-state index contributed by atoms with van der Waals surface area (Å²) >= 11 is 0. The molecule has 4 heteroatoms. The van der Waals surface area contributed by atoms with Gasteiger partial charge in [-0.15, -0.1) is 0 Å². The molecule has 0 atom stereocenters. The summed E-state index contributed by atoms with van der Waals surface area (Å²) in [6.45, 7) is 8.10. The van der Waals surface area contributed by atoms with Gasteiger partial charge in [0.25, 0.3) is 5.91 Å². The van der Waals surface area contributed by atoms with Crippen LogP contribution < -0.4 is 4.90 Å². The maximum absolute atomic E-state index is 13.2. The molecule has 0 radical (unpaired) electrons. The van der Waals surface area contributed by atoms with Gasteiger partial charge in [0.15, 0.2) is 0 Å². The van der Waals surface area contributed by atoms with Gasteiger partial charge in [-0.3, -0.25) is 4.79 Å². The van der Waals surface area contributed by atoms with Crippen LogP contribution in [0.4, 0.5) is 5.69 Å². The van der Waals surface area contributed by atoms with E-state index in [1.54, 1.807) is 4.90 Å². The Morgan fingerprint density at radius 1 is 0.963 bits per heavy atom. The zero-order chi connectivity index (χ0) is 19.2. The van der Waals surface area contributed by atoms with Crippen LogP contribution in [0.5, 0.6) is 0 Å². The third-order valence-electron chi connectivity index (χ3n) is 4.51. The monoisotopic (exact) mass is 361 g/mol. The predicted octanol–water partition coefficient (Wildman–Crippen LogP) is 4.86. The molecule has 0 aromatic heterocycles. The Hall–Kier alpha value is -2.88. The molecule has 0 unspecified atom stereocenters. The van der Waals surface area contributed by atoms with Crippen molar-refractivity contribution in [2.45, 2.75) is 33.6 Å². The highest BCUT2D eigenvalue weighted by atomic mass is 16.2. The van der Waals surface area contributed by atoms with Gasteiger partial charge in [-0.1, -0.05) is 61.9 Å². The van der Waals surface area contributed by atoms with Gasteiger partial charge in [0.1, 0.15) is 5.70 Å². The summed E-state index contributed by atoms with van der Waals surface area (Å²) in [5, 5.41) is 0.